The topological polar surface area (TPSA) is 38.2 Å². The third-order valence-corrected chi connectivity index (χ3v) is 6.05. The number of benzene rings is 1. The van der Waals surface area contributed by atoms with Crippen LogP contribution in [0.4, 0.5) is 0 Å². The van der Waals surface area contributed by atoms with Crippen molar-refractivity contribution in [1.82, 2.24) is 14.9 Å². The third kappa shape index (κ3) is 4.04. The van der Waals surface area contributed by atoms with Crippen molar-refractivity contribution in [1.29, 1.82) is 0 Å². The SMILES string of the molecule is CCCc1ncc2c(n1)CCN(Cc1ccc(-c3ccccc3OC)s1)C2. The summed E-state index contributed by atoms with van der Waals surface area (Å²) in [5.41, 5.74) is 3.69. The zero-order valence-corrected chi connectivity index (χ0v) is 16.8. The Morgan fingerprint density at radius 1 is 1.19 bits per heavy atom. The van der Waals surface area contributed by atoms with Gasteiger partial charge in [-0.05, 0) is 30.7 Å². The molecule has 1 aliphatic rings. The predicted molar refractivity (Wildman–Crippen MR) is 110 cm³/mol. The molecule has 27 heavy (non-hydrogen) atoms. The Kier molecular flexibility index (Phi) is 5.50. The van der Waals surface area contributed by atoms with E-state index in [9.17, 15) is 0 Å². The number of hydrogen-bond donors (Lipinski definition) is 0. The van der Waals surface area contributed by atoms with Gasteiger partial charge in [0.25, 0.3) is 0 Å². The van der Waals surface area contributed by atoms with E-state index in [-0.39, 0.29) is 0 Å². The van der Waals surface area contributed by atoms with Crippen LogP contribution in [-0.2, 0) is 25.9 Å². The summed E-state index contributed by atoms with van der Waals surface area (Å²) in [6, 6.07) is 12.7. The summed E-state index contributed by atoms with van der Waals surface area (Å²) in [4.78, 5) is 14.4. The van der Waals surface area contributed by atoms with Crippen LogP contribution in [0.15, 0.2) is 42.6 Å². The Morgan fingerprint density at radius 2 is 2.07 bits per heavy atom. The number of fused-ring (bicyclic) bond motifs is 1. The maximum Gasteiger partial charge on any atom is 0.128 e. The van der Waals surface area contributed by atoms with Crippen LogP contribution in [0.2, 0.25) is 0 Å². The number of aryl methyl sites for hydroxylation is 1. The van der Waals surface area contributed by atoms with E-state index in [0.717, 1.165) is 56.0 Å². The summed E-state index contributed by atoms with van der Waals surface area (Å²) in [6.07, 6.45) is 5.11. The highest BCUT2D eigenvalue weighted by Crippen LogP contribution is 2.35. The monoisotopic (exact) mass is 379 g/mol. The molecule has 4 nitrogen and oxygen atoms in total. The molecular weight excluding hydrogens is 354 g/mol. The number of para-hydroxylation sites is 1. The highest BCUT2D eigenvalue weighted by atomic mass is 32.1. The molecule has 5 heteroatoms. The molecule has 1 aliphatic heterocycles. The van der Waals surface area contributed by atoms with Gasteiger partial charge in [-0.2, -0.15) is 0 Å². The molecule has 0 unspecified atom stereocenters. The van der Waals surface area contributed by atoms with Crippen LogP contribution in [0.3, 0.4) is 0 Å². The molecule has 4 rings (SSSR count). The van der Waals surface area contributed by atoms with E-state index in [1.165, 1.54) is 21.0 Å². The standard InChI is InChI=1S/C22H25N3OS/c1-3-6-22-23-13-16-14-25(12-11-19(16)24-22)15-17-9-10-21(27-17)18-7-4-5-8-20(18)26-2/h4-5,7-10,13H,3,6,11-12,14-15H2,1-2H3. The van der Waals surface area contributed by atoms with Crippen LogP contribution < -0.4 is 4.74 Å². The zero-order chi connectivity index (χ0) is 18.6. The summed E-state index contributed by atoms with van der Waals surface area (Å²) in [5, 5.41) is 0. The number of rotatable bonds is 6. The molecule has 0 spiro atoms. The van der Waals surface area contributed by atoms with Gasteiger partial charge in [-0.25, -0.2) is 9.97 Å². The molecule has 0 aliphatic carbocycles. The minimum Gasteiger partial charge on any atom is -0.496 e. The highest BCUT2D eigenvalue weighted by molar-refractivity contribution is 7.15. The van der Waals surface area contributed by atoms with Crippen LogP contribution in [0.1, 0.15) is 35.3 Å². The number of ether oxygens (including phenoxy) is 1. The molecule has 2 aromatic heterocycles. The first kappa shape index (κ1) is 18.1. The van der Waals surface area contributed by atoms with Crippen molar-refractivity contribution in [2.24, 2.45) is 0 Å². The zero-order valence-electron chi connectivity index (χ0n) is 15.9. The highest BCUT2D eigenvalue weighted by Gasteiger charge is 2.19. The van der Waals surface area contributed by atoms with E-state index in [1.54, 1.807) is 7.11 Å². The summed E-state index contributed by atoms with van der Waals surface area (Å²) in [6.45, 7) is 5.13. The first-order chi connectivity index (χ1) is 13.3. The van der Waals surface area contributed by atoms with Gasteiger partial charge >= 0.3 is 0 Å². The van der Waals surface area contributed by atoms with Crippen molar-refractivity contribution in [3.63, 3.8) is 0 Å². The lowest BCUT2D eigenvalue weighted by atomic mass is 10.1. The molecule has 0 radical (unpaired) electrons. The molecule has 0 saturated heterocycles. The fraction of sp³-hybridized carbons (Fsp3) is 0.364. The second kappa shape index (κ2) is 8.19. The van der Waals surface area contributed by atoms with Crippen molar-refractivity contribution >= 4 is 11.3 Å². The summed E-state index contributed by atoms with van der Waals surface area (Å²) in [7, 11) is 1.73. The molecule has 0 N–H and O–H groups in total. The van der Waals surface area contributed by atoms with Crippen LogP contribution >= 0.6 is 11.3 Å². The number of aromatic nitrogens is 2. The van der Waals surface area contributed by atoms with Gasteiger partial charge in [0, 0.05) is 65.2 Å². The molecule has 0 atom stereocenters. The maximum absolute atomic E-state index is 5.51. The quantitative estimate of drug-likeness (QED) is 0.621. The Morgan fingerprint density at radius 3 is 2.93 bits per heavy atom. The van der Waals surface area contributed by atoms with Crippen molar-refractivity contribution in [3.05, 3.63) is 64.6 Å². The van der Waals surface area contributed by atoms with E-state index in [4.69, 9.17) is 9.72 Å². The van der Waals surface area contributed by atoms with Gasteiger partial charge in [0.1, 0.15) is 11.6 Å². The third-order valence-electron chi connectivity index (χ3n) is 4.95. The number of nitrogens with zero attached hydrogens (tertiary/aromatic N) is 3. The van der Waals surface area contributed by atoms with Gasteiger partial charge in [-0.15, -0.1) is 11.3 Å². The molecule has 0 bridgehead atoms. The molecule has 0 fully saturated rings. The normalized spacial score (nSPS) is 14.1. The minimum absolute atomic E-state index is 0.929. The average molecular weight is 380 g/mol. The average Bonchev–Trinajstić information content (AvgIpc) is 3.16. The summed E-state index contributed by atoms with van der Waals surface area (Å²) < 4.78 is 5.51. The van der Waals surface area contributed by atoms with Gasteiger partial charge in [-0.3, -0.25) is 4.90 Å². The Balaban J connectivity index is 1.46. The lowest BCUT2D eigenvalue weighted by molar-refractivity contribution is 0.244. The van der Waals surface area contributed by atoms with Gasteiger partial charge in [0.2, 0.25) is 0 Å². The number of methoxy groups -OCH3 is 1. The van der Waals surface area contributed by atoms with Crippen LogP contribution in [0, 0.1) is 0 Å². The van der Waals surface area contributed by atoms with Crippen LogP contribution in [0.5, 0.6) is 5.75 Å². The molecule has 0 saturated carbocycles. The van der Waals surface area contributed by atoms with E-state index in [0.29, 0.717) is 0 Å². The largest absolute Gasteiger partial charge is 0.496 e. The predicted octanol–water partition coefficient (Wildman–Crippen LogP) is 4.72. The molecule has 3 aromatic rings. The second-order valence-electron chi connectivity index (χ2n) is 6.94. The maximum atomic E-state index is 5.51. The van der Waals surface area contributed by atoms with E-state index in [2.05, 4.69) is 41.1 Å². The second-order valence-corrected chi connectivity index (χ2v) is 8.10. The van der Waals surface area contributed by atoms with E-state index >= 15 is 0 Å². The van der Waals surface area contributed by atoms with E-state index < -0.39 is 0 Å². The lowest BCUT2D eigenvalue weighted by Crippen LogP contribution is -2.30. The Hall–Kier alpha value is -2.24. The van der Waals surface area contributed by atoms with Crippen molar-refractivity contribution in [2.45, 2.75) is 39.3 Å². The smallest absolute Gasteiger partial charge is 0.128 e. The van der Waals surface area contributed by atoms with Crippen molar-refractivity contribution in [2.75, 3.05) is 13.7 Å². The molecular formula is C22H25N3OS. The fourth-order valence-electron chi connectivity index (χ4n) is 3.57. The Labute approximate surface area is 164 Å². The molecule has 0 amide bonds. The minimum atomic E-state index is 0.929. The number of thiophene rings is 1. The van der Waals surface area contributed by atoms with Crippen molar-refractivity contribution in [3.8, 4) is 16.2 Å². The van der Waals surface area contributed by atoms with Gasteiger partial charge in [0.15, 0.2) is 0 Å². The van der Waals surface area contributed by atoms with E-state index in [1.807, 2.05) is 29.7 Å². The van der Waals surface area contributed by atoms with Gasteiger partial charge in [-0.1, -0.05) is 19.1 Å². The van der Waals surface area contributed by atoms with Gasteiger partial charge < -0.3 is 4.74 Å². The molecule has 1 aromatic carbocycles. The van der Waals surface area contributed by atoms with Crippen LogP contribution in [0.25, 0.3) is 10.4 Å². The van der Waals surface area contributed by atoms with Crippen LogP contribution in [-0.4, -0.2) is 28.5 Å². The Bertz CT molecular complexity index is 921. The van der Waals surface area contributed by atoms with Gasteiger partial charge in [0.05, 0.1) is 7.11 Å². The van der Waals surface area contributed by atoms with Crippen molar-refractivity contribution < 1.29 is 4.74 Å². The molecule has 140 valence electrons. The first-order valence-electron chi connectivity index (χ1n) is 9.55. The molecule has 3 heterocycles. The summed E-state index contributed by atoms with van der Waals surface area (Å²) >= 11 is 1.85. The first-order valence-corrected chi connectivity index (χ1v) is 10.4. The lowest BCUT2D eigenvalue weighted by Gasteiger charge is -2.27. The summed E-state index contributed by atoms with van der Waals surface area (Å²) in [5.74, 6) is 1.92. The number of hydrogen-bond acceptors (Lipinski definition) is 5. The fourth-order valence-corrected chi connectivity index (χ4v) is 4.65.